The molecule has 7 heteroatoms. The lowest BCUT2D eigenvalue weighted by molar-refractivity contribution is -0.137. The molecule has 0 saturated heterocycles. The molecule has 0 aromatic heterocycles. The second-order valence-corrected chi connectivity index (χ2v) is 6.74. The molecule has 2 aliphatic rings. The summed E-state index contributed by atoms with van der Waals surface area (Å²) >= 11 is 0. The molecule has 2 heterocycles. The van der Waals surface area contributed by atoms with E-state index in [4.69, 9.17) is 28.4 Å². The Balaban J connectivity index is 1.87. The predicted octanol–water partition coefficient (Wildman–Crippen LogP) is 3.06. The molecule has 1 N–H and O–H groups in total. The highest BCUT2D eigenvalue weighted by Crippen LogP contribution is 2.51. The molecular formula is C20H22O7. The van der Waals surface area contributed by atoms with Gasteiger partial charge in [0, 0.05) is 30.9 Å². The second kappa shape index (κ2) is 6.42. The van der Waals surface area contributed by atoms with Crippen LogP contribution in [0, 0.1) is 0 Å². The minimum Gasteiger partial charge on any atom is -0.493 e. The summed E-state index contributed by atoms with van der Waals surface area (Å²) in [7, 11) is 4.72. The molecule has 0 unspecified atom stereocenters. The van der Waals surface area contributed by atoms with Crippen molar-refractivity contribution in [2.75, 3.05) is 28.1 Å². The fraction of sp³-hybridized carbons (Fsp3) is 0.400. The number of hydrogen-bond acceptors (Lipinski definition) is 7. The maximum atomic E-state index is 10.7. The standard InChI is InChI=1S/C20H22O7/c1-20(21)9-13(11-5-17(22-2)19(24-4)18(6-11)23-3)12-7-15-16(26-10-25-15)8-14(12)27-20/h5-8,13,21H,9-10H2,1-4H3/t13-,20+/m1/s1. The summed E-state index contributed by atoms with van der Waals surface area (Å²) < 4.78 is 33.1. The van der Waals surface area contributed by atoms with Crippen LogP contribution in [-0.4, -0.2) is 39.0 Å². The van der Waals surface area contributed by atoms with E-state index in [9.17, 15) is 5.11 Å². The van der Waals surface area contributed by atoms with Crippen LogP contribution < -0.4 is 28.4 Å². The summed E-state index contributed by atoms with van der Waals surface area (Å²) in [6.07, 6.45) is 0.359. The molecule has 4 rings (SSSR count). The molecule has 144 valence electrons. The topological polar surface area (TPSA) is 75.6 Å². The number of benzene rings is 2. The van der Waals surface area contributed by atoms with Crippen molar-refractivity contribution in [1.82, 2.24) is 0 Å². The zero-order valence-electron chi connectivity index (χ0n) is 15.7. The van der Waals surface area contributed by atoms with Gasteiger partial charge in [-0.15, -0.1) is 0 Å². The van der Waals surface area contributed by atoms with E-state index < -0.39 is 5.79 Å². The molecule has 0 aliphatic carbocycles. The Morgan fingerprint density at radius 1 is 0.926 bits per heavy atom. The molecule has 0 bridgehead atoms. The molecule has 0 radical (unpaired) electrons. The van der Waals surface area contributed by atoms with Gasteiger partial charge < -0.3 is 33.5 Å². The normalized spacial score (nSPS) is 22.6. The van der Waals surface area contributed by atoms with Crippen LogP contribution in [0.15, 0.2) is 24.3 Å². The van der Waals surface area contributed by atoms with Gasteiger partial charge in [0.2, 0.25) is 18.3 Å². The monoisotopic (exact) mass is 374 g/mol. The molecule has 0 spiro atoms. The van der Waals surface area contributed by atoms with E-state index in [1.165, 1.54) is 0 Å². The van der Waals surface area contributed by atoms with Gasteiger partial charge in [-0.25, -0.2) is 0 Å². The van der Waals surface area contributed by atoms with E-state index in [1.54, 1.807) is 34.3 Å². The Morgan fingerprint density at radius 3 is 2.15 bits per heavy atom. The Morgan fingerprint density at radius 2 is 1.56 bits per heavy atom. The van der Waals surface area contributed by atoms with Crippen molar-refractivity contribution < 1.29 is 33.5 Å². The Kier molecular flexibility index (Phi) is 4.19. The van der Waals surface area contributed by atoms with Gasteiger partial charge in [-0.1, -0.05) is 0 Å². The highest BCUT2D eigenvalue weighted by Gasteiger charge is 2.38. The van der Waals surface area contributed by atoms with Crippen LogP contribution >= 0.6 is 0 Å². The molecule has 2 aromatic carbocycles. The van der Waals surface area contributed by atoms with Gasteiger partial charge in [-0.2, -0.15) is 0 Å². The first-order chi connectivity index (χ1) is 13.0. The maximum Gasteiger partial charge on any atom is 0.231 e. The van der Waals surface area contributed by atoms with Crippen molar-refractivity contribution >= 4 is 0 Å². The van der Waals surface area contributed by atoms with Gasteiger partial charge in [-0.3, -0.25) is 0 Å². The first-order valence-corrected chi connectivity index (χ1v) is 8.60. The zero-order valence-corrected chi connectivity index (χ0v) is 15.7. The minimum atomic E-state index is -1.33. The summed E-state index contributed by atoms with van der Waals surface area (Å²) in [4.78, 5) is 0. The Labute approximate surface area is 157 Å². The van der Waals surface area contributed by atoms with Gasteiger partial charge in [0.25, 0.3) is 0 Å². The fourth-order valence-electron chi connectivity index (χ4n) is 3.67. The van der Waals surface area contributed by atoms with Gasteiger partial charge in [0.15, 0.2) is 23.0 Å². The van der Waals surface area contributed by atoms with Crippen LogP contribution in [0.3, 0.4) is 0 Å². The number of hydrogen-bond donors (Lipinski definition) is 1. The molecule has 0 fully saturated rings. The third-order valence-corrected chi connectivity index (χ3v) is 4.88. The van der Waals surface area contributed by atoms with Gasteiger partial charge in [-0.05, 0) is 23.8 Å². The number of aliphatic hydroxyl groups is 1. The molecule has 7 nitrogen and oxygen atoms in total. The molecule has 2 aromatic rings. The number of rotatable bonds is 4. The minimum absolute atomic E-state index is 0.160. The predicted molar refractivity (Wildman–Crippen MR) is 96.4 cm³/mol. The van der Waals surface area contributed by atoms with E-state index in [0.29, 0.717) is 40.9 Å². The molecule has 0 saturated carbocycles. The van der Waals surface area contributed by atoms with E-state index >= 15 is 0 Å². The average molecular weight is 374 g/mol. The first-order valence-electron chi connectivity index (χ1n) is 8.60. The van der Waals surface area contributed by atoms with Crippen molar-refractivity contribution in [1.29, 1.82) is 0 Å². The summed E-state index contributed by atoms with van der Waals surface area (Å²) in [6, 6.07) is 7.45. The lowest BCUT2D eigenvalue weighted by atomic mass is 9.83. The van der Waals surface area contributed by atoms with Crippen LogP contribution in [0.4, 0.5) is 0 Å². The third kappa shape index (κ3) is 2.98. The average Bonchev–Trinajstić information content (AvgIpc) is 3.11. The van der Waals surface area contributed by atoms with Gasteiger partial charge in [0.05, 0.1) is 21.3 Å². The van der Waals surface area contributed by atoms with E-state index in [-0.39, 0.29) is 12.7 Å². The van der Waals surface area contributed by atoms with E-state index in [1.807, 2.05) is 18.2 Å². The fourth-order valence-corrected chi connectivity index (χ4v) is 3.67. The lowest BCUT2D eigenvalue weighted by Crippen LogP contribution is -2.38. The summed E-state index contributed by atoms with van der Waals surface area (Å²) in [5, 5.41) is 10.7. The summed E-state index contributed by atoms with van der Waals surface area (Å²) in [5.41, 5.74) is 1.81. The van der Waals surface area contributed by atoms with E-state index in [2.05, 4.69) is 0 Å². The second-order valence-electron chi connectivity index (χ2n) is 6.74. The van der Waals surface area contributed by atoms with Crippen LogP contribution in [0.25, 0.3) is 0 Å². The van der Waals surface area contributed by atoms with Crippen molar-refractivity contribution in [3.05, 3.63) is 35.4 Å². The molecular weight excluding hydrogens is 352 g/mol. The smallest absolute Gasteiger partial charge is 0.231 e. The van der Waals surface area contributed by atoms with Crippen LogP contribution in [0.2, 0.25) is 0 Å². The number of methoxy groups -OCH3 is 3. The summed E-state index contributed by atoms with van der Waals surface area (Å²) in [5.74, 6) is 1.98. The zero-order chi connectivity index (χ0) is 19.2. The van der Waals surface area contributed by atoms with E-state index in [0.717, 1.165) is 11.1 Å². The van der Waals surface area contributed by atoms with Crippen molar-refractivity contribution in [2.45, 2.75) is 25.0 Å². The molecule has 2 aliphatic heterocycles. The SMILES string of the molecule is COc1cc([C@H]2C[C@@](C)(O)Oc3cc4c(cc32)OCO4)cc(OC)c1OC. The highest BCUT2D eigenvalue weighted by molar-refractivity contribution is 5.59. The summed E-state index contributed by atoms with van der Waals surface area (Å²) in [6.45, 7) is 1.81. The Hall–Kier alpha value is -2.80. The highest BCUT2D eigenvalue weighted by atomic mass is 16.7. The quantitative estimate of drug-likeness (QED) is 0.881. The van der Waals surface area contributed by atoms with Crippen molar-refractivity contribution in [3.8, 4) is 34.5 Å². The molecule has 2 atom stereocenters. The van der Waals surface area contributed by atoms with Gasteiger partial charge in [0.1, 0.15) is 5.75 Å². The van der Waals surface area contributed by atoms with Crippen LogP contribution in [-0.2, 0) is 0 Å². The van der Waals surface area contributed by atoms with Crippen LogP contribution in [0.5, 0.6) is 34.5 Å². The van der Waals surface area contributed by atoms with Gasteiger partial charge >= 0.3 is 0 Å². The van der Waals surface area contributed by atoms with Crippen molar-refractivity contribution in [2.24, 2.45) is 0 Å². The maximum absolute atomic E-state index is 10.7. The number of fused-ring (bicyclic) bond motifs is 2. The largest absolute Gasteiger partial charge is 0.493 e. The van der Waals surface area contributed by atoms with Crippen LogP contribution in [0.1, 0.15) is 30.4 Å². The molecule has 0 amide bonds. The molecule has 27 heavy (non-hydrogen) atoms. The first kappa shape index (κ1) is 17.6. The Bertz CT molecular complexity index is 850. The number of ether oxygens (including phenoxy) is 6. The van der Waals surface area contributed by atoms with Crippen molar-refractivity contribution in [3.63, 3.8) is 0 Å². The third-order valence-electron chi connectivity index (χ3n) is 4.88. The lowest BCUT2D eigenvalue weighted by Gasteiger charge is -2.36.